The monoisotopic (exact) mass is 512 g/mol. The molecule has 0 spiro atoms. The molecule has 0 unspecified atom stereocenters. The third-order valence-electron chi connectivity index (χ3n) is 6.05. The Bertz CT molecular complexity index is 1180. The molecule has 4 rings (SSSR count). The van der Waals surface area contributed by atoms with Gasteiger partial charge in [-0.1, -0.05) is 46.3 Å². The van der Waals surface area contributed by atoms with E-state index in [1.54, 1.807) is 18.5 Å². The zero-order valence-electron chi connectivity index (χ0n) is 17.5. The van der Waals surface area contributed by atoms with Gasteiger partial charge < -0.3 is 5.11 Å². The molecule has 2 aromatic carbocycles. The highest BCUT2D eigenvalue weighted by molar-refractivity contribution is 9.10. The molecule has 0 radical (unpaired) electrons. The lowest BCUT2D eigenvalue weighted by Gasteiger charge is -2.41. The maximum atomic E-state index is 12.5. The summed E-state index contributed by atoms with van der Waals surface area (Å²) >= 11 is 3.53. The smallest absolute Gasteiger partial charge is 0.311 e. The molecule has 33 heavy (non-hydrogen) atoms. The van der Waals surface area contributed by atoms with Gasteiger partial charge in [-0.2, -0.15) is 0 Å². The Morgan fingerprint density at radius 2 is 1.91 bits per heavy atom. The summed E-state index contributed by atoms with van der Waals surface area (Å²) in [5.74, 6) is -0.878. The van der Waals surface area contributed by atoms with Gasteiger partial charge in [-0.05, 0) is 41.3 Å². The zero-order valence-corrected chi connectivity index (χ0v) is 19.0. The Hall–Kier alpha value is -3.37. The molecule has 0 bridgehead atoms. The number of hydrogen-bond acceptors (Lipinski definition) is 7. The standard InChI is InChI=1S/C23H21BrN4O5/c24-19-6-2-1-5-17(19)18-9-11-26(14-15-4-3-10-25-13-15)22(23(18)28(32)33)16-7-8-21(29)20(12-16)27(30)31/h1-8,10,12-13,18,22-23,29H,9,11,14H2/t18-,22+,23-/m0/s1. The van der Waals surface area contributed by atoms with E-state index in [1.165, 1.54) is 18.2 Å². The van der Waals surface area contributed by atoms with E-state index >= 15 is 0 Å². The van der Waals surface area contributed by atoms with Gasteiger partial charge in [-0.15, -0.1) is 0 Å². The quantitative estimate of drug-likeness (QED) is 0.370. The van der Waals surface area contributed by atoms with Crippen molar-refractivity contribution in [3.05, 3.63) is 108 Å². The number of aromatic hydroxyl groups is 1. The van der Waals surface area contributed by atoms with E-state index in [1.807, 2.05) is 35.2 Å². The van der Waals surface area contributed by atoms with Crippen LogP contribution in [0.15, 0.2) is 71.5 Å². The summed E-state index contributed by atoms with van der Waals surface area (Å²) in [6.45, 7) is 0.949. The number of nitro groups is 2. The van der Waals surface area contributed by atoms with Gasteiger partial charge in [0, 0.05) is 40.9 Å². The van der Waals surface area contributed by atoms with E-state index in [-0.39, 0.29) is 4.92 Å². The average molecular weight is 513 g/mol. The number of pyridine rings is 1. The fourth-order valence-electron chi connectivity index (χ4n) is 4.61. The Morgan fingerprint density at radius 1 is 1.12 bits per heavy atom. The number of halogens is 1. The van der Waals surface area contributed by atoms with Crippen LogP contribution in [-0.2, 0) is 6.54 Å². The maximum Gasteiger partial charge on any atom is 0.311 e. The van der Waals surface area contributed by atoms with Crippen molar-refractivity contribution in [1.29, 1.82) is 0 Å². The Morgan fingerprint density at radius 3 is 2.58 bits per heavy atom. The van der Waals surface area contributed by atoms with Gasteiger partial charge in [0.1, 0.15) is 6.04 Å². The predicted octanol–water partition coefficient (Wildman–Crippen LogP) is 4.83. The molecule has 0 aliphatic carbocycles. The van der Waals surface area contributed by atoms with Crippen LogP contribution in [-0.4, -0.2) is 37.4 Å². The Labute approximate surface area is 198 Å². The highest BCUT2D eigenvalue weighted by Gasteiger charge is 2.48. The minimum absolute atomic E-state index is 0.289. The number of phenols is 1. The number of rotatable bonds is 6. The third-order valence-corrected chi connectivity index (χ3v) is 6.77. The van der Waals surface area contributed by atoms with Crippen LogP contribution in [0.2, 0.25) is 0 Å². The average Bonchev–Trinajstić information content (AvgIpc) is 2.80. The topological polar surface area (TPSA) is 123 Å². The lowest BCUT2D eigenvalue weighted by atomic mass is 9.78. The van der Waals surface area contributed by atoms with E-state index < -0.39 is 34.4 Å². The van der Waals surface area contributed by atoms with Gasteiger partial charge >= 0.3 is 5.69 Å². The van der Waals surface area contributed by atoms with Crippen LogP contribution in [0.3, 0.4) is 0 Å². The van der Waals surface area contributed by atoms with Crippen molar-refractivity contribution in [2.24, 2.45) is 0 Å². The molecule has 3 atom stereocenters. The van der Waals surface area contributed by atoms with E-state index in [0.717, 1.165) is 15.6 Å². The molecule has 170 valence electrons. The predicted molar refractivity (Wildman–Crippen MR) is 124 cm³/mol. The number of likely N-dealkylation sites (tertiary alicyclic amines) is 1. The summed E-state index contributed by atoms with van der Waals surface area (Å²) in [5.41, 5.74) is 1.66. The molecular weight excluding hydrogens is 492 g/mol. The second-order valence-electron chi connectivity index (χ2n) is 7.97. The molecule has 0 saturated carbocycles. The van der Waals surface area contributed by atoms with Crippen molar-refractivity contribution in [2.75, 3.05) is 6.54 Å². The van der Waals surface area contributed by atoms with Crippen LogP contribution in [0.4, 0.5) is 5.69 Å². The van der Waals surface area contributed by atoms with E-state index in [4.69, 9.17) is 0 Å². The number of hydrogen-bond donors (Lipinski definition) is 1. The molecule has 10 heteroatoms. The summed E-state index contributed by atoms with van der Waals surface area (Å²) in [7, 11) is 0. The fourth-order valence-corrected chi connectivity index (χ4v) is 5.19. The number of benzene rings is 2. The molecule has 1 aliphatic rings. The largest absolute Gasteiger partial charge is 0.502 e. The van der Waals surface area contributed by atoms with Crippen LogP contribution in [0.5, 0.6) is 5.75 Å². The van der Waals surface area contributed by atoms with Crippen molar-refractivity contribution in [3.63, 3.8) is 0 Å². The first-order valence-electron chi connectivity index (χ1n) is 10.3. The molecule has 2 heterocycles. The van der Waals surface area contributed by atoms with Gasteiger partial charge in [0.25, 0.3) is 0 Å². The maximum absolute atomic E-state index is 12.5. The number of aromatic nitrogens is 1. The van der Waals surface area contributed by atoms with E-state index in [2.05, 4.69) is 20.9 Å². The second kappa shape index (κ2) is 9.63. The van der Waals surface area contributed by atoms with E-state index in [0.29, 0.717) is 25.1 Å². The van der Waals surface area contributed by atoms with Crippen molar-refractivity contribution < 1.29 is 15.0 Å². The summed E-state index contributed by atoms with van der Waals surface area (Å²) in [4.78, 5) is 29.1. The first kappa shape index (κ1) is 22.8. The summed E-state index contributed by atoms with van der Waals surface area (Å²) < 4.78 is 0.790. The molecule has 3 aromatic rings. The molecular formula is C23H21BrN4O5. The lowest BCUT2D eigenvalue weighted by Crippen LogP contribution is -2.48. The second-order valence-corrected chi connectivity index (χ2v) is 8.83. The SMILES string of the molecule is O=[N+]([O-])c1cc([C@@H]2[C@@H]([N+](=O)[O-])[C@H](c3ccccc3Br)CCN2Cc2cccnc2)ccc1O. The highest BCUT2D eigenvalue weighted by atomic mass is 79.9. The van der Waals surface area contributed by atoms with Gasteiger partial charge in [0.15, 0.2) is 5.75 Å². The Kier molecular flexibility index (Phi) is 6.66. The molecule has 1 saturated heterocycles. The van der Waals surface area contributed by atoms with Crippen molar-refractivity contribution >= 4 is 21.6 Å². The fraction of sp³-hybridized carbons (Fsp3) is 0.261. The Balaban J connectivity index is 1.83. The molecule has 1 aromatic heterocycles. The molecule has 1 fully saturated rings. The molecule has 1 aliphatic heterocycles. The number of nitro benzene ring substituents is 1. The van der Waals surface area contributed by atoms with E-state index in [9.17, 15) is 25.3 Å². The van der Waals surface area contributed by atoms with Crippen LogP contribution in [0.25, 0.3) is 0 Å². The summed E-state index contributed by atoms with van der Waals surface area (Å²) in [6.07, 6.45) is 3.91. The van der Waals surface area contributed by atoms with Gasteiger partial charge in [-0.25, -0.2) is 0 Å². The summed E-state index contributed by atoms with van der Waals surface area (Å²) in [6, 6.07) is 13.3. The first-order chi connectivity index (χ1) is 15.9. The van der Waals surface area contributed by atoms with Crippen LogP contribution in [0, 0.1) is 20.2 Å². The van der Waals surface area contributed by atoms with Gasteiger partial charge in [0.2, 0.25) is 6.04 Å². The zero-order chi connectivity index (χ0) is 23.5. The highest BCUT2D eigenvalue weighted by Crippen LogP contribution is 2.45. The first-order valence-corrected chi connectivity index (χ1v) is 11.1. The third kappa shape index (κ3) is 4.71. The van der Waals surface area contributed by atoms with Crippen LogP contribution < -0.4 is 0 Å². The van der Waals surface area contributed by atoms with Crippen molar-refractivity contribution in [3.8, 4) is 5.75 Å². The van der Waals surface area contributed by atoms with Crippen LogP contribution >= 0.6 is 15.9 Å². The lowest BCUT2D eigenvalue weighted by molar-refractivity contribution is -0.540. The minimum atomic E-state index is -1.06. The van der Waals surface area contributed by atoms with Crippen molar-refractivity contribution in [2.45, 2.75) is 31.0 Å². The molecule has 1 N–H and O–H groups in total. The van der Waals surface area contributed by atoms with Gasteiger partial charge in [0.05, 0.1) is 10.8 Å². The normalized spacial score (nSPS) is 20.9. The van der Waals surface area contributed by atoms with Crippen molar-refractivity contribution in [1.82, 2.24) is 9.88 Å². The number of piperidine rings is 1. The minimum Gasteiger partial charge on any atom is -0.502 e. The molecule has 0 amide bonds. The number of nitrogens with zero attached hydrogens (tertiary/aromatic N) is 4. The van der Waals surface area contributed by atoms with Crippen LogP contribution in [0.1, 0.15) is 35.1 Å². The summed E-state index contributed by atoms with van der Waals surface area (Å²) in [5, 5.41) is 33.9. The van der Waals surface area contributed by atoms with Gasteiger partial charge in [-0.3, -0.25) is 30.1 Å². The molecule has 9 nitrogen and oxygen atoms in total. The number of phenolic OH excluding ortho intramolecular Hbond substituents is 1.